The minimum absolute atomic E-state index is 0.000756. The van der Waals surface area contributed by atoms with E-state index in [0.717, 1.165) is 40.3 Å². The zero-order chi connectivity index (χ0) is 23.4. The zero-order valence-electron chi connectivity index (χ0n) is 20.0. The summed E-state index contributed by atoms with van der Waals surface area (Å²) >= 11 is 0. The molecule has 0 amide bonds. The Morgan fingerprint density at radius 1 is 1.26 bits per heavy atom. The summed E-state index contributed by atoms with van der Waals surface area (Å²) in [5.74, 6) is 0.299. The number of fused-ring (bicyclic) bond motifs is 1. The number of benzene rings is 1. The summed E-state index contributed by atoms with van der Waals surface area (Å²) < 4.78 is 28.5. The average molecular weight is 469 g/mol. The lowest BCUT2D eigenvalue weighted by Crippen LogP contribution is -2.23. The average Bonchev–Trinajstić information content (AvgIpc) is 3.08. The van der Waals surface area contributed by atoms with E-state index in [4.69, 9.17) is 14.0 Å². The van der Waals surface area contributed by atoms with Crippen LogP contribution in [-0.2, 0) is 33.3 Å². The van der Waals surface area contributed by atoms with Crippen molar-refractivity contribution in [3.8, 4) is 5.75 Å². The Balaban J connectivity index is 2.52. The minimum Gasteiger partial charge on any atom is -0.493 e. The number of allylic oxidation sites excluding steroid dienone is 2. The van der Waals surface area contributed by atoms with Crippen LogP contribution in [0.1, 0.15) is 52.9 Å². The maximum Gasteiger partial charge on any atom is 0.342 e. The van der Waals surface area contributed by atoms with Crippen LogP contribution in [0.15, 0.2) is 11.6 Å². The van der Waals surface area contributed by atoms with Crippen LogP contribution < -0.4 is 4.74 Å². The zero-order valence-corrected chi connectivity index (χ0v) is 21.9. The second kappa shape index (κ2) is 10.5. The van der Waals surface area contributed by atoms with Gasteiger partial charge in [0.2, 0.25) is 0 Å². The Hall–Kier alpha value is -1.40. The van der Waals surface area contributed by atoms with E-state index in [2.05, 4.69) is 26.6 Å². The first-order valence-corrected chi connectivity index (χ1v) is 16.4. The lowest BCUT2D eigenvalue weighted by Gasteiger charge is -2.22. The molecule has 0 aliphatic carbocycles. The SMILES string of the molecule is CC/C(=C\Cc1c(CC)c(C)c2c(c1OCC[Si](C)(C)C)C(=O)OC2)CP(=O)(O)OC. The molecule has 1 heterocycles. The molecule has 1 aromatic carbocycles. The van der Waals surface area contributed by atoms with Gasteiger partial charge in [-0.15, -0.1) is 0 Å². The highest BCUT2D eigenvalue weighted by Crippen LogP contribution is 2.44. The summed E-state index contributed by atoms with van der Waals surface area (Å²) in [5.41, 5.74) is 5.54. The van der Waals surface area contributed by atoms with E-state index in [1.54, 1.807) is 0 Å². The van der Waals surface area contributed by atoms with Gasteiger partial charge in [0.05, 0.1) is 12.8 Å². The topological polar surface area (TPSA) is 82.1 Å². The summed E-state index contributed by atoms with van der Waals surface area (Å²) in [7, 11) is -3.69. The van der Waals surface area contributed by atoms with Gasteiger partial charge in [-0.2, -0.15) is 0 Å². The van der Waals surface area contributed by atoms with Crippen LogP contribution in [0.5, 0.6) is 5.75 Å². The summed E-state index contributed by atoms with van der Waals surface area (Å²) in [6.45, 7) is 13.8. The second-order valence-electron chi connectivity index (χ2n) is 9.25. The van der Waals surface area contributed by atoms with Crippen LogP contribution in [0.25, 0.3) is 0 Å². The molecule has 8 heteroatoms. The molecule has 0 bridgehead atoms. The Bertz CT molecular complexity index is 901. The molecule has 1 aliphatic heterocycles. The molecule has 174 valence electrons. The fourth-order valence-electron chi connectivity index (χ4n) is 3.83. The number of esters is 1. The van der Waals surface area contributed by atoms with Crippen molar-refractivity contribution >= 4 is 21.6 Å². The molecule has 31 heavy (non-hydrogen) atoms. The monoisotopic (exact) mass is 468 g/mol. The fourth-order valence-corrected chi connectivity index (χ4v) is 5.54. The largest absolute Gasteiger partial charge is 0.493 e. The second-order valence-corrected chi connectivity index (χ2v) is 16.8. The van der Waals surface area contributed by atoms with E-state index < -0.39 is 15.7 Å². The van der Waals surface area contributed by atoms with Gasteiger partial charge in [0, 0.05) is 26.3 Å². The van der Waals surface area contributed by atoms with Crippen LogP contribution in [0.4, 0.5) is 0 Å². The van der Waals surface area contributed by atoms with Crippen LogP contribution in [0, 0.1) is 6.92 Å². The number of ether oxygens (including phenoxy) is 2. The van der Waals surface area contributed by atoms with Crippen LogP contribution in [0.2, 0.25) is 25.7 Å². The maximum absolute atomic E-state index is 12.6. The summed E-state index contributed by atoms with van der Waals surface area (Å²) in [6, 6.07) is 0.989. The number of rotatable bonds is 11. The lowest BCUT2D eigenvalue weighted by molar-refractivity contribution is 0.0532. The normalized spacial score (nSPS) is 16.1. The first-order chi connectivity index (χ1) is 14.4. The van der Waals surface area contributed by atoms with Crippen LogP contribution >= 0.6 is 7.60 Å². The predicted molar refractivity (Wildman–Crippen MR) is 127 cm³/mol. The van der Waals surface area contributed by atoms with E-state index in [1.165, 1.54) is 7.11 Å². The molecule has 1 aromatic rings. The fraction of sp³-hybridized carbons (Fsp3) is 0.609. The molecule has 0 saturated carbocycles. The number of hydrogen-bond acceptors (Lipinski definition) is 5. The molecule has 0 saturated heterocycles. The number of carbonyl (C=O) groups is 1. The molecule has 2 rings (SSSR count). The minimum atomic E-state index is -3.64. The van der Waals surface area contributed by atoms with E-state index in [0.29, 0.717) is 30.8 Å². The Labute approximate surface area is 187 Å². The van der Waals surface area contributed by atoms with Gasteiger partial charge in [0.25, 0.3) is 0 Å². The van der Waals surface area contributed by atoms with Crippen molar-refractivity contribution in [2.75, 3.05) is 19.9 Å². The van der Waals surface area contributed by atoms with Gasteiger partial charge in [0.15, 0.2) is 0 Å². The van der Waals surface area contributed by atoms with Crippen molar-refractivity contribution in [2.24, 2.45) is 0 Å². The highest BCUT2D eigenvalue weighted by atomic mass is 31.2. The van der Waals surface area contributed by atoms with Gasteiger partial charge in [-0.3, -0.25) is 4.57 Å². The number of cyclic esters (lactones) is 1. The lowest BCUT2D eigenvalue weighted by atomic mass is 9.89. The molecule has 1 aliphatic rings. The molecule has 1 N–H and O–H groups in total. The third kappa shape index (κ3) is 6.54. The van der Waals surface area contributed by atoms with Gasteiger partial charge in [-0.05, 0) is 43.4 Å². The Morgan fingerprint density at radius 2 is 1.94 bits per heavy atom. The smallest absolute Gasteiger partial charge is 0.342 e. The van der Waals surface area contributed by atoms with E-state index in [-0.39, 0.29) is 18.7 Å². The van der Waals surface area contributed by atoms with Gasteiger partial charge in [-0.1, -0.05) is 45.1 Å². The molecular weight excluding hydrogens is 431 g/mol. The van der Waals surface area contributed by atoms with Crippen LogP contribution in [0.3, 0.4) is 0 Å². The highest BCUT2D eigenvalue weighted by molar-refractivity contribution is 7.53. The van der Waals surface area contributed by atoms with E-state index in [9.17, 15) is 14.3 Å². The van der Waals surface area contributed by atoms with Crippen molar-refractivity contribution in [1.29, 1.82) is 0 Å². The van der Waals surface area contributed by atoms with Crippen molar-refractivity contribution < 1.29 is 28.3 Å². The summed E-state index contributed by atoms with van der Waals surface area (Å²) in [4.78, 5) is 22.5. The van der Waals surface area contributed by atoms with Crippen molar-refractivity contribution in [2.45, 2.75) is 72.3 Å². The van der Waals surface area contributed by atoms with Gasteiger partial charge in [0.1, 0.15) is 17.9 Å². The quantitative estimate of drug-likeness (QED) is 0.195. The predicted octanol–water partition coefficient (Wildman–Crippen LogP) is 5.66. The first kappa shape index (κ1) is 25.9. The number of carbonyl (C=O) groups excluding carboxylic acids is 1. The summed E-state index contributed by atoms with van der Waals surface area (Å²) in [5, 5.41) is 0. The van der Waals surface area contributed by atoms with Crippen molar-refractivity contribution in [3.05, 3.63) is 39.5 Å². The van der Waals surface area contributed by atoms with E-state index >= 15 is 0 Å². The van der Waals surface area contributed by atoms with E-state index in [1.807, 2.05) is 19.9 Å². The molecule has 0 spiro atoms. The third-order valence-electron chi connectivity index (χ3n) is 5.81. The molecule has 0 radical (unpaired) electrons. The van der Waals surface area contributed by atoms with Crippen LogP contribution in [-0.4, -0.2) is 38.8 Å². The van der Waals surface area contributed by atoms with Crippen molar-refractivity contribution in [1.82, 2.24) is 0 Å². The molecule has 1 atom stereocenters. The maximum atomic E-state index is 12.6. The standard InChI is InChI=1S/C23H37O6PSi/c1-8-17(15-30(25,26)27-4)10-11-19-18(9-2)16(3)20-14-29-23(24)21(20)22(19)28-12-13-31(5,6)7/h10H,8-9,11-15H2,1-7H3,(H,25,26)/b17-10+. The third-order valence-corrected chi connectivity index (χ3v) is 8.89. The molecule has 0 fully saturated rings. The first-order valence-electron chi connectivity index (χ1n) is 11.0. The molecule has 6 nitrogen and oxygen atoms in total. The Morgan fingerprint density at radius 3 is 2.48 bits per heavy atom. The van der Waals surface area contributed by atoms with Gasteiger partial charge < -0.3 is 18.9 Å². The highest BCUT2D eigenvalue weighted by Gasteiger charge is 2.32. The van der Waals surface area contributed by atoms with Crippen molar-refractivity contribution in [3.63, 3.8) is 0 Å². The molecule has 0 aromatic heterocycles. The van der Waals surface area contributed by atoms with Gasteiger partial charge >= 0.3 is 13.6 Å². The Kier molecular flexibility index (Phi) is 8.74. The van der Waals surface area contributed by atoms with Gasteiger partial charge in [-0.25, -0.2) is 4.79 Å². The number of hydrogen-bond donors (Lipinski definition) is 1. The summed E-state index contributed by atoms with van der Waals surface area (Å²) in [6.07, 6.45) is 3.96. The molecule has 1 unspecified atom stereocenters. The molecular formula is C23H37O6PSi.